The Morgan fingerprint density at radius 2 is 1.87 bits per heavy atom. The zero-order valence-electron chi connectivity index (χ0n) is 10.7. The van der Waals surface area contributed by atoms with Gasteiger partial charge < -0.3 is 5.73 Å². The zero-order chi connectivity index (χ0) is 11.3. The minimum atomic E-state index is 0.632. The van der Waals surface area contributed by atoms with Crippen LogP contribution in [0.5, 0.6) is 0 Å². The lowest BCUT2D eigenvalue weighted by molar-refractivity contribution is 0.112. The van der Waals surface area contributed by atoms with Gasteiger partial charge in [0.05, 0.1) is 0 Å². The van der Waals surface area contributed by atoms with Crippen LogP contribution in [-0.2, 0) is 0 Å². The van der Waals surface area contributed by atoms with Crippen molar-refractivity contribution >= 4 is 0 Å². The summed E-state index contributed by atoms with van der Waals surface area (Å²) in [5, 5.41) is 0. The third-order valence-electron chi connectivity index (χ3n) is 3.76. The van der Waals surface area contributed by atoms with Crippen LogP contribution in [0.1, 0.15) is 52.9 Å². The van der Waals surface area contributed by atoms with Crippen LogP contribution in [0.2, 0.25) is 0 Å². The minimum absolute atomic E-state index is 0.632. The van der Waals surface area contributed by atoms with E-state index in [4.69, 9.17) is 5.73 Å². The first kappa shape index (κ1) is 13.0. The second-order valence-electron chi connectivity index (χ2n) is 5.18. The van der Waals surface area contributed by atoms with E-state index < -0.39 is 0 Å². The Labute approximate surface area is 95.2 Å². The summed E-state index contributed by atoms with van der Waals surface area (Å²) in [5.41, 5.74) is 5.98. The molecule has 2 nitrogen and oxygen atoms in total. The Bertz CT molecular complexity index is 162. The van der Waals surface area contributed by atoms with Gasteiger partial charge in [0.25, 0.3) is 0 Å². The summed E-state index contributed by atoms with van der Waals surface area (Å²) in [4.78, 5) is 2.62. The van der Waals surface area contributed by atoms with Crippen LogP contribution in [0, 0.1) is 5.92 Å². The normalized spacial score (nSPS) is 20.4. The quantitative estimate of drug-likeness (QED) is 0.733. The first-order valence-electron chi connectivity index (χ1n) is 6.66. The Kier molecular flexibility index (Phi) is 5.62. The fourth-order valence-corrected chi connectivity index (χ4v) is 3.01. The summed E-state index contributed by atoms with van der Waals surface area (Å²) in [7, 11) is 0. The van der Waals surface area contributed by atoms with Crippen molar-refractivity contribution in [1.29, 1.82) is 0 Å². The molecule has 15 heavy (non-hydrogen) atoms. The molecule has 0 aromatic carbocycles. The zero-order valence-corrected chi connectivity index (χ0v) is 10.7. The van der Waals surface area contributed by atoms with Gasteiger partial charge >= 0.3 is 0 Å². The number of nitrogens with two attached hydrogens (primary N) is 1. The van der Waals surface area contributed by atoms with E-state index in [1.54, 1.807) is 0 Å². The van der Waals surface area contributed by atoms with Gasteiger partial charge in [-0.05, 0) is 45.6 Å². The minimum Gasteiger partial charge on any atom is -0.329 e. The number of hydrogen-bond donors (Lipinski definition) is 1. The highest BCUT2D eigenvalue weighted by Gasteiger charge is 2.29. The molecule has 2 N–H and O–H groups in total. The average Bonchev–Trinajstić information content (AvgIpc) is 2.71. The first-order chi connectivity index (χ1) is 7.20. The maximum absolute atomic E-state index is 5.98. The summed E-state index contributed by atoms with van der Waals surface area (Å²) >= 11 is 0. The topological polar surface area (TPSA) is 29.3 Å². The number of rotatable bonds is 6. The van der Waals surface area contributed by atoms with Gasteiger partial charge in [0.2, 0.25) is 0 Å². The molecule has 1 aliphatic carbocycles. The smallest absolute Gasteiger partial charge is 0.0249 e. The van der Waals surface area contributed by atoms with Gasteiger partial charge in [-0.3, -0.25) is 4.90 Å². The van der Waals surface area contributed by atoms with E-state index in [0.717, 1.165) is 12.5 Å². The van der Waals surface area contributed by atoms with E-state index in [9.17, 15) is 0 Å². The van der Waals surface area contributed by atoms with E-state index in [0.29, 0.717) is 12.1 Å². The van der Waals surface area contributed by atoms with Gasteiger partial charge in [-0.15, -0.1) is 0 Å². The molecule has 1 fully saturated rings. The summed E-state index contributed by atoms with van der Waals surface area (Å²) in [6, 6.07) is 1.27. The van der Waals surface area contributed by atoms with Crippen molar-refractivity contribution in [2.24, 2.45) is 11.7 Å². The lowest BCUT2D eigenvalue weighted by Gasteiger charge is -2.37. The third-order valence-corrected chi connectivity index (χ3v) is 3.76. The lowest BCUT2D eigenvalue weighted by atomic mass is 9.95. The van der Waals surface area contributed by atoms with Crippen LogP contribution in [0.3, 0.4) is 0 Å². The van der Waals surface area contributed by atoms with E-state index >= 15 is 0 Å². The average molecular weight is 212 g/mol. The molecule has 0 spiro atoms. The molecular formula is C13H28N2. The second kappa shape index (κ2) is 6.49. The van der Waals surface area contributed by atoms with Crippen molar-refractivity contribution in [1.82, 2.24) is 4.90 Å². The molecule has 1 atom stereocenters. The molecule has 0 saturated heterocycles. The van der Waals surface area contributed by atoms with Gasteiger partial charge in [0.1, 0.15) is 0 Å². The summed E-state index contributed by atoms with van der Waals surface area (Å²) in [5.74, 6) is 0.865. The highest BCUT2D eigenvalue weighted by atomic mass is 15.2. The third kappa shape index (κ3) is 3.46. The van der Waals surface area contributed by atoms with Crippen LogP contribution in [0.25, 0.3) is 0 Å². The maximum Gasteiger partial charge on any atom is 0.0249 e. The van der Waals surface area contributed by atoms with E-state index in [1.807, 2.05) is 0 Å². The van der Waals surface area contributed by atoms with Gasteiger partial charge in [-0.2, -0.15) is 0 Å². The molecule has 1 aliphatic rings. The van der Waals surface area contributed by atoms with Gasteiger partial charge in [-0.1, -0.05) is 19.8 Å². The van der Waals surface area contributed by atoms with Crippen LogP contribution in [0.15, 0.2) is 0 Å². The van der Waals surface area contributed by atoms with E-state index in [1.165, 1.54) is 38.6 Å². The van der Waals surface area contributed by atoms with Crippen LogP contribution in [-0.4, -0.2) is 30.1 Å². The fraction of sp³-hybridized carbons (Fsp3) is 1.00. The van der Waals surface area contributed by atoms with Crippen LogP contribution in [0.4, 0.5) is 0 Å². The molecule has 0 aliphatic heterocycles. The van der Waals surface area contributed by atoms with Gasteiger partial charge in [0, 0.05) is 18.6 Å². The summed E-state index contributed by atoms with van der Waals surface area (Å²) in [6.45, 7) is 8.90. The van der Waals surface area contributed by atoms with Crippen molar-refractivity contribution in [2.75, 3.05) is 13.1 Å². The Morgan fingerprint density at radius 1 is 1.27 bits per heavy atom. The van der Waals surface area contributed by atoms with Crippen molar-refractivity contribution in [3.8, 4) is 0 Å². The molecule has 90 valence electrons. The SMILES string of the molecule is CCCN(C(C)C)C(CN)C1CCCC1. The maximum atomic E-state index is 5.98. The van der Waals surface area contributed by atoms with E-state index in [-0.39, 0.29) is 0 Å². The molecule has 0 amide bonds. The molecule has 0 aromatic heterocycles. The largest absolute Gasteiger partial charge is 0.329 e. The number of nitrogens with zero attached hydrogens (tertiary/aromatic N) is 1. The van der Waals surface area contributed by atoms with Crippen molar-refractivity contribution in [3.63, 3.8) is 0 Å². The summed E-state index contributed by atoms with van der Waals surface area (Å²) < 4.78 is 0. The van der Waals surface area contributed by atoms with Crippen LogP contribution >= 0.6 is 0 Å². The van der Waals surface area contributed by atoms with E-state index in [2.05, 4.69) is 25.7 Å². The predicted molar refractivity (Wildman–Crippen MR) is 66.9 cm³/mol. The molecule has 0 radical (unpaired) electrons. The molecule has 1 saturated carbocycles. The summed E-state index contributed by atoms with van der Waals surface area (Å²) in [6.07, 6.45) is 6.86. The van der Waals surface area contributed by atoms with Gasteiger partial charge in [-0.25, -0.2) is 0 Å². The molecule has 1 unspecified atom stereocenters. The second-order valence-corrected chi connectivity index (χ2v) is 5.18. The Hall–Kier alpha value is -0.0800. The first-order valence-corrected chi connectivity index (χ1v) is 6.66. The highest BCUT2D eigenvalue weighted by Crippen LogP contribution is 2.30. The highest BCUT2D eigenvalue weighted by molar-refractivity contribution is 4.85. The van der Waals surface area contributed by atoms with Gasteiger partial charge in [0.15, 0.2) is 0 Å². The fourth-order valence-electron chi connectivity index (χ4n) is 3.01. The molecule has 1 rings (SSSR count). The lowest BCUT2D eigenvalue weighted by Crippen LogP contribution is -2.48. The molecular weight excluding hydrogens is 184 g/mol. The molecule has 2 heteroatoms. The standard InChI is InChI=1S/C13H28N2/c1-4-9-15(11(2)3)13(10-14)12-7-5-6-8-12/h11-13H,4-10,14H2,1-3H3. The van der Waals surface area contributed by atoms with Crippen molar-refractivity contribution in [2.45, 2.75) is 65.0 Å². The van der Waals surface area contributed by atoms with Crippen molar-refractivity contribution < 1.29 is 0 Å². The Balaban J connectivity index is 2.59. The predicted octanol–water partition coefficient (Wildman–Crippen LogP) is 2.62. The Morgan fingerprint density at radius 3 is 2.27 bits per heavy atom. The van der Waals surface area contributed by atoms with Crippen molar-refractivity contribution in [3.05, 3.63) is 0 Å². The molecule has 0 aromatic rings. The molecule has 0 bridgehead atoms. The number of hydrogen-bond acceptors (Lipinski definition) is 2. The molecule has 0 heterocycles. The van der Waals surface area contributed by atoms with Crippen LogP contribution < -0.4 is 5.73 Å². The monoisotopic (exact) mass is 212 g/mol.